The molecule has 5 amide bonds. The van der Waals surface area contributed by atoms with Gasteiger partial charge < -0.3 is 14.8 Å². The largest absolute Gasteiger partial charge is 0.497 e. The van der Waals surface area contributed by atoms with Crippen molar-refractivity contribution in [3.63, 3.8) is 0 Å². The number of amides is 5. The lowest BCUT2D eigenvalue weighted by Gasteiger charge is -2.26. The van der Waals surface area contributed by atoms with Gasteiger partial charge in [-0.25, -0.2) is 9.69 Å². The maximum atomic E-state index is 13.3. The molecule has 0 saturated carbocycles. The molecular weight excluding hydrogens is 610 g/mol. The van der Waals surface area contributed by atoms with Crippen LogP contribution in [0.25, 0.3) is 6.08 Å². The van der Waals surface area contributed by atoms with Gasteiger partial charge in [0.05, 0.1) is 17.3 Å². The number of nitrogens with one attached hydrogen (secondary N) is 2. The number of carbonyl (C=O) groups excluding carboxylic acids is 4. The highest BCUT2D eigenvalue weighted by Crippen LogP contribution is 2.35. The smallest absolute Gasteiger partial charge is 0.335 e. The summed E-state index contributed by atoms with van der Waals surface area (Å²) in [7, 11) is 1.49. The third-order valence-electron chi connectivity index (χ3n) is 5.17. The molecule has 0 aromatic heterocycles. The topological polar surface area (TPSA) is 114 Å². The van der Waals surface area contributed by atoms with Gasteiger partial charge in [-0.3, -0.25) is 19.7 Å². The first kappa shape index (κ1) is 26.1. The number of imide groups is 2. The van der Waals surface area contributed by atoms with Crippen LogP contribution in [0, 0.1) is 0 Å². The van der Waals surface area contributed by atoms with E-state index in [1.807, 2.05) is 6.07 Å². The second-order valence-electron chi connectivity index (χ2n) is 7.66. The Bertz CT molecular complexity index is 1410. The molecule has 1 heterocycles. The summed E-state index contributed by atoms with van der Waals surface area (Å²) in [4.78, 5) is 51.7. The van der Waals surface area contributed by atoms with Crippen LogP contribution in [0.4, 0.5) is 16.2 Å². The summed E-state index contributed by atoms with van der Waals surface area (Å²) in [6.07, 6.45) is 1.31. The van der Waals surface area contributed by atoms with Crippen LogP contribution in [-0.2, 0) is 14.4 Å². The van der Waals surface area contributed by atoms with E-state index in [0.717, 1.165) is 4.90 Å². The summed E-state index contributed by atoms with van der Waals surface area (Å²) in [5.41, 5.74) is 0.905. The number of halogens is 2. The number of para-hydroxylation sites is 1. The van der Waals surface area contributed by atoms with Gasteiger partial charge in [-0.05, 0) is 70.5 Å². The summed E-state index contributed by atoms with van der Waals surface area (Å²) >= 11 is 6.79. The molecule has 0 radical (unpaired) electrons. The number of hydrogen-bond donors (Lipinski definition) is 2. The zero-order valence-electron chi connectivity index (χ0n) is 19.3. The van der Waals surface area contributed by atoms with Crippen molar-refractivity contribution in [2.75, 3.05) is 23.9 Å². The molecule has 4 rings (SSSR count). The van der Waals surface area contributed by atoms with Crippen molar-refractivity contribution in [1.82, 2.24) is 5.32 Å². The molecule has 1 aliphatic heterocycles. The fourth-order valence-electron chi connectivity index (χ4n) is 3.47. The van der Waals surface area contributed by atoms with Crippen LogP contribution < -0.4 is 25.0 Å². The Morgan fingerprint density at radius 1 is 1.03 bits per heavy atom. The van der Waals surface area contributed by atoms with E-state index < -0.39 is 23.8 Å². The van der Waals surface area contributed by atoms with Crippen molar-refractivity contribution in [2.24, 2.45) is 0 Å². The summed E-state index contributed by atoms with van der Waals surface area (Å²) in [6.45, 7) is -0.331. The average molecular weight is 629 g/mol. The number of hydrogen-bond acceptors (Lipinski definition) is 6. The van der Waals surface area contributed by atoms with Gasteiger partial charge in [0.15, 0.2) is 6.61 Å². The number of urea groups is 1. The first-order valence-electron chi connectivity index (χ1n) is 10.8. The highest BCUT2D eigenvalue weighted by atomic mass is 79.9. The predicted molar refractivity (Wildman–Crippen MR) is 144 cm³/mol. The van der Waals surface area contributed by atoms with Crippen molar-refractivity contribution < 1.29 is 28.7 Å². The standard InChI is InChI=1S/C26H19Br2N3O6/c1-36-19-9-7-18(8-10-19)31-25(34)20(24(33)30-26(31)35)12-15-11-16(27)13-21(28)23(15)37-14-22(32)29-17-5-3-2-4-6-17/h2-13H,14H2,1H3,(H,29,32)(H,30,33,35)/b20-12+. The molecular formula is C26H19Br2N3O6. The first-order valence-corrected chi connectivity index (χ1v) is 12.4. The van der Waals surface area contributed by atoms with E-state index in [2.05, 4.69) is 42.5 Å². The maximum Gasteiger partial charge on any atom is 0.335 e. The van der Waals surface area contributed by atoms with Crippen LogP contribution in [0.1, 0.15) is 5.56 Å². The van der Waals surface area contributed by atoms with Crippen LogP contribution in [0.3, 0.4) is 0 Å². The van der Waals surface area contributed by atoms with E-state index in [1.165, 1.54) is 25.3 Å². The van der Waals surface area contributed by atoms with Gasteiger partial charge in [-0.2, -0.15) is 0 Å². The molecule has 11 heteroatoms. The second-order valence-corrected chi connectivity index (χ2v) is 9.43. The first-order chi connectivity index (χ1) is 17.8. The van der Waals surface area contributed by atoms with E-state index in [4.69, 9.17) is 9.47 Å². The summed E-state index contributed by atoms with van der Waals surface area (Å²) in [6, 6.07) is 17.6. The van der Waals surface area contributed by atoms with Crippen molar-refractivity contribution in [3.8, 4) is 11.5 Å². The molecule has 9 nitrogen and oxygen atoms in total. The Kier molecular flexibility index (Phi) is 8.04. The molecule has 0 bridgehead atoms. The van der Waals surface area contributed by atoms with E-state index in [0.29, 0.717) is 25.9 Å². The number of benzene rings is 3. The molecule has 188 valence electrons. The van der Waals surface area contributed by atoms with Crippen molar-refractivity contribution in [3.05, 3.63) is 86.8 Å². The lowest BCUT2D eigenvalue weighted by atomic mass is 10.1. The second kappa shape index (κ2) is 11.4. The van der Waals surface area contributed by atoms with E-state index in [-0.39, 0.29) is 23.6 Å². The van der Waals surface area contributed by atoms with Crippen LogP contribution in [0.2, 0.25) is 0 Å². The van der Waals surface area contributed by atoms with Crippen molar-refractivity contribution in [2.45, 2.75) is 0 Å². The monoisotopic (exact) mass is 627 g/mol. The van der Waals surface area contributed by atoms with Crippen molar-refractivity contribution in [1.29, 1.82) is 0 Å². The minimum Gasteiger partial charge on any atom is -0.497 e. The van der Waals surface area contributed by atoms with Gasteiger partial charge in [0.25, 0.3) is 17.7 Å². The van der Waals surface area contributed by atoms with Gasteiger partial charge >= 0.3 is 6.03 Å². The zero-order chi connectivity index (χ0) is 26.5. The number of barbiturate groups is 1. The molecule has 1 fully saturated rings. The maximum absolute atomic E-state index is 13.3. The fraction of sp³-hybridized carbons (Fsp3) is 0.0769. The van der Waals surface area contributed by atoms with E-state index in [1.54, 1.807) is 48.5 Å². The summed E-state index contributed by atoms with van der Waals surface area (Å²) < 4.78 is 12.0. The van der Waals surface area contributed by atoms with Gasteiger partial charge in [-0.1, -0.05) is 34.1 Å². The number of methoxy groups -OCH3 is 1. The Labute approximate surface area is 228 Å². The minimum absolute atomic E-state index is 0.229. The quantitative estimate of drug-likeness (QED) is 0.284. The molecule has 3 aromatic rings. The number of rotatable bonds is 7. The van der Waals surface area contributed by atoms with E-state index >= 15 is 0 Å². The van der Waals surface area contributed by atoms with Crippen molar-refractivity contribution >= 4 is 73.1 Å². The average Bonchev–Trinajstić information content (AvgIpc) is 2.86. The van der Waals surface area contributed by atoms with Gasteiger partial charge in [-0.15, -0.1) is 0 Å². The fourth-order valence-corrected chi connectivity index (χ4v) is 4.85. The zero-order valence-corrected chi connectivity index (χ0v) is 22.5. The molecule has 3 aromatic carbocycles. The number of ether oxygens (including phenoxy) is 2. The number of carbonyl (C=O) groups is 4. The Balaban J connectivity index is 1.62. The molecule has 0 aliphatic carbocycles. The summed E-state index contributed by atoms with van der Waals surface area (Å²) in [5, 5.41) is 4.90. The normalized spacial score (nSPS) is 14.4. The summed E-state index contributed by atoms with van der Waals surface area (Å²) in [5.74, 6) is -1.31. The highest BCUT2D eigenvalue weighted by Gasteiger charge is 2.37. The van der Waals surface area contributed by atoms with Gasteiger partial charge in [0.1, 0.15) is 17.1 Å². The lowest BCUT2D eigenvalue weighted by Crippen LogP contribution is -2.54. The van der Waals surface area contributed by atoms with Crippen LogP contribution in [-0.4, -0.2) is 37.5 Å². The Morgan fingerprint density at radius 2 is 1.73 bits per heavy atom. The SMILES string of the molecule is COc1ccc(N2C(=O)NC(=O)/C(=C\c3cc(Br)cc(Br)c3OCC(=O)Nc3ccccc3)C2=O)cc1. The van der Waals surface area contributed by atoms with Crippen LogP contribution in [0.5, 0.6) is 11.5 Å². The van der Waals surface area contributed by atoms with Gasteiger partial charge in [0.2, 0.25) is 0 Å². The van der Waals surface area contributed by atoms with Crippen LogP contribution in [0.15, 0.2) is 81.2 Å². The highest BCUT2D eigenvalue weighted by molar-refractivity contribution is 9.11. The molecule has 0 unspecified atom stereocenters. The molecule has 0 atom stereocenters. The number of nitrogens with zero attached hydrogens (tertiary/aromatic N) is 1. The minimum atomic E-state index is -0.873. The molecule has 0 spiro atoms. The molecule has 1 aliphatic rings. The van der Waals surface area contributed by atoms with Crippen LogP contribution >= 0.6 is 31.9 Å². The molecule has 1 saturated heterocycles. The lowest BCUT2D eigenvalue weighted by molar-refractivity contribution is -0.122. The van der Waals surface area contributed by atoms with Gasteiger partial charge in [0, 0.05) is 15.7 Å². The predicted octanol–water partition coefficient (Wildman–Crippen LogP) is 4.90. The third kappa shape index (κ3) is 6.07. The molecule has 37 heavy (non-hydrogen) atoms. The molecule has 2 N–H and O–H groups in total. The third-order valence-corrected chi connectivity index (χ3v) is 6.22. The van der Waals surface area contributed by atoms with E-state index in [9.17, 15) is 19.2 Å². The Hall–Kier alpha value is -3.96. The number of anilines is 2. The Morgan fingerprint density at radius 3 is 2.41 bits per heavy atom.